The monoisotopic (exact) mass is 245 g/mol. The predicted octanol–water partition coefficient (Wildman–Crippen LogP) is 0.231. The number of rotatable bonds is 5. The second-order valence-corrected chi connectivity index (χ2v) is 5.41. The van der Waals surface area contributed by atoms with E-state index in [-0.39, 0.29) is 5.91 Å². The van der Waals surface area contributed by atoms with Crippen molar-refractivity contribution in [3.05, 3.63) is 0 Å². The predicted molar refractivity (Wildman–Crippen MR) is 69.7 cm³/mol. The van der Waals surface area contributed by atoms with Gasteiger partial charge in [0.25, 0.3) is 0 Å². The summed E-state index contributed by atoms with van der Waals surface area (Å²) in [7, 11) is 1.88. The van der Waals surface area contributed by atoms with Crippen LogP contribution in [0.25, 0.3) is 0 Å². The Balaban J connectivity index is 2.22. The molecular weight excluding hydrogens is 222 g/mol. The van der Waals surface area contributed by atoms with Crippen molar-refractivity contribution in [3.63, 3.8) is 0 Å². The molecule has 0 aromatic carbocycles. The molecule has 0 atom stereocenters. The van der Waals surface area contributed by atoms with Crippen molar-refractivity contribution in [2.75, 3.05) is 45.2 Å². The maximum absolute atomic E-state index is 11.8. The maximum Gasteiger partial charge on any atom is 0.236 e. The molecule has 94 valence electrons. The van der Waals surface area contributed by atoms with Crippen molar-refractivity contribution in [2.24, 2.45) is 5.73 Å². The van der Waals surface area contributed by atoms with E-state index in [0.29, 0.717) is 12.6 Å². The summed E-state index contributed by atoms with van der Waals surface area (Å²) in [6.07, 6.45) is 4.09. The summed E-state index contributed by atoms with van der Waals surface area (Å²) in [5.74, 6) is 1.23. The minimum atomic E-state index is 0.226. The molecule has 0 aromatic rings. The fraction of sp³-hybridized carbons (Fsp3) is 0.909. The maximum atomic E-state index is 11.8. The molecule has 1 rings (SSSR count). The van der Waals surface area contributed by atoms with Crippen molar-refractivity contribution in [3.8, 4) is 0 Å². The molecule has 1 fully saturated rings. The zero-order valence-electron chi connectivity index (χ0n) is 10.3. The molecule has 16 heavy (non-hydrogen) atoms. The van der Waals surface area contributed by atoms with E-state index >= 15 is 0 Å². The number of hydrogen-bond acceptors (Lipinski definition) is 4. The first-order chi connectivity index (χ1) is 7.63. The molecule has 1 amide bonds. The summed E-state index contributed by atoms with van der Waals surface area (Å²) in [6.45, 7) is 3.32. The summed E-state index contributed by atoms with van der Waals surface area (Å²) in [6, 6.07) is 0.334. The van der Waals surface area contributed by atoms with Crippen LogP contribution in [0.2, 0.25) is 0 Å². The molecule has 0 unspecified atom stereocenters. The molecule has 2 N–H and O–H groups in total. The van der Waals surface area contributed by atoms with Gasteiger partial charge in [-0.25, -0.2) is 0 Å². The third-order valence-electron chi connectivity index (χ3n) is 3.05. The van der Waals surface area contributed by atoms with Crippen LogP contribution in [0.4, 0.5) is 0 Å². The molecule has 1 saturated heterocycles. The highest BCUT2D eigenvalue weighted by atomic mass is 32.2. The first-order valence-corrected chi connectivity index (χ1v) is 7.23. The molecule has 1 aliphatic heterocycles. The molecule has 1 aliphatic rings. The number of likely N-dealkylation sites (tertiary alicyclic amines) is 1. The number of piperidine rings is 1. The fourth-order valence-corrected chi connectivity index (χ4v) is 2.23. The standard InChI is InChI=1S/C11H23N3OS/c1-13(7-8-16-2)11(15)9-14-5-3-10(12)4-6-14/h10H,3-9,12H2,1-2H3. The Hall–Kier alpha value is -0.260. The molecule has 0 radical (unpaired) electrons. The van der Waals surface area contributed by atoms with E-state index < -0.39 is 0 Å². The molecule has 1 heterocycles. The number of carbonyl (C=O) groups excluding carboxylic acids is 1. The highest BCUT2D eigenvalue weighted by Crippen LogP contribution is 2.08. The van der Waals surface area contributed by atoms with Gasteiger partial charge in [-0.15, -0.1) is 0 Å². The minimum absolute atomic E-state index is 0.226. The van der Waals surface area contributed by atoms with E-state index in [2.05, 4.69) is 11.2 Å². The zero-order valence-corrected chi connectivity index (χ0v) is 11.1. The molecule has 0 bridgehead atoms. The lowest BCUT2D eigenvalue weighted by Gasteiger charge is -2.30. The van der Waals surface area contributed by atoms with Crippen LogP contribution in [0.3, 0.4) is 0 Å². The van der Waals surface area contributed by atoms with Crippen molar-refractivity contribution in [1.29, 1.82) is 0 Å². The van der Waals surface area contributed by atoms with E-state index in [1.165, 1.54) is 0 Å². The largest absolute Gasteiger partial charge is 0.344 e. The SMILES string of the molecule is CSCCN(C)C(=O)CN1CCC(N)CC1. The van der Waals surface area contributed by atoms with Crippen molar-refractivity contribution in [2.45, 2.75) is 18.9 Å². The number of likely N-dealkylation sites (N-methyl/N-ethyl adjacent to an activating group) is 1. The lowest BCUT2D eigenvalue weighted by atomic mass is 10.1. The average Bonchev–Trinajstić information content (AvgIpc) is 2.29. The summed E-state index contributed by atoms with van der Waals surface area (Å²) < 4.78 is 0. The van der Waals surface area contributed by atoms with Crippen LogP contribution < -0.4 is 5.73 Å². The molecule has 4 nitrogen and oxygen atoms in total. The van der Waals surface area contributed by atoms with Gasteiger partial charge in [-0.05, 0) is 19.1 Å². The normalized spacial score (nSPS) is 18.7. The van der Waals surface area contributed by atoms with E-state index in [1.54, 1.807) is 11.8 Å². The highest BCUT2D eigenvalue weighted by Gasteiger charge is 2.19. The van der Waals surface area contributed by atoms with Crippen molar-refractivity contribution in [1.82, 2.24) is 9.80 Å². The molecule has 0 aliphatic carbocycles. The number of carbonyl (C=O) groups is 1. The third kappa shape index (κ3) is 4.72. The molecule has 0 saturated carbocycles. The van der Waals surface area contributed by atoms with E-state index in [1.807, 2.05) is 11.9 Å². The quantitative estimate of drug-likeness (QED) is 0.753. The van der Waals surface area contributed by atoms with Crippen LogP contribution in [0, 0.1) is 0 Å². The van der Waals surface area contributed by atoms with Crippen molar-refractivity contribution < 1.29 is 4.79 Å². The third-order valence-corrected chi connectivity index (χ3v) is 3.64. The summed E-state index contributed by atoms with van der Waals surface area (Å²) in [5, 5.41) is 0. The van der Waals surface area contributed by atoms with Gasteiger partial charge in [-0.2, -0.15) is 11.8 Å². The molecule has 5 heteroatoms. The van der Waals surface area contributed by atoms with E-state index in [9.17, 15) is 4.79 Å². The second-order valence-electron chi connectivity index (χ2n) is 4.42. The van der Waals surface area contributed by atoms with Crippen LogP contribution in [0.15, 0.2) is 0 Å². The number of nitrogens with zero attached hydrogens (tertiary/aromatic N) is 2. The van der Waals surface area contributed by atoms with Gasteiger partial charge in [0.2, 0.25) is 5.91 Å². The number of thioether (sulfide) groups is 1. The van der Waals surface area contributed by atoms with Crippen molar-refractivity contribution >= 4 is 17.7 Å². The first-order valence-electron chi connectivity index (χ1n) is 5.84. The molecular formula is C11H23N3OS. The van der Waals surface area contributed by atoms with Crippen LogP contribution in [-0.2, 0) is 4.79 Å². The lowest BCUT2D eigenvalue weighted by Crippen LogP contribution is -2.45. The van der Waals surface area contributed by atoms with Crippen LogP contribution in [0.1, 0.15) is 12.8 Å². The molecule has 0 spiro atoms. The van der Waals surface area contributed by atoms with Gasteiger partial charge >= 0.3 is 0 Å². The van der Waals surface area contributed by atoms with E-state index in [4.69, 9.17) is 5.73 Å². The van der Waals surface area contributed by atoms with Gasteiger partial charge in [0.15, 0.2) is 0 Å². The molecule has 0 aromatic heterocycles. The Morgan fingerprint density at radius 1 is 1.50 bits per heavy atom. The van der Waals surface area contributed by atoms with Gasteiger partial charge < -0.3 is 10.6 Å². The van der Waals surface area contributed by atoms with Crippen LogP contribution in [0.5, 0.6) is 0 Å². The van der Waals surface area contributed by atoms with Gasteiger partial charge in [-0.1, -0.05) is 0 Å². The number of nitrogens with two attached hydrogens (primary N) is 1. The summed E-state index contributed by atoms with van der Waals surface area (Å²) in [4.78, 5) is 15.9. The smallest absolute Gasteiger partial charge is 0.236 e. The highest BCUT2D eigenvalue weighted by molar-refractivity contribution is 7.98. The lowest BCUT2D eigenvalue weighted by molar-refractivity contribution is -0.131. The van der Waals surface area contributed by atoms with Gasteiger partial charge in [0, 0.05) is 38.5 Å². The van der Waals surface area contributed by atoms with E-state index in [0.717, 1.165) is 38.2 Å². The van der Waals surface area contributed by atoms with Gasteiger partial charge in [0.1, 0.15) is 0 Å². The van der Waals surface area contributed by atoms with Gasteiger partial charge in [-0.3, -0.25) is 9.69 Å². The van der Waals surface area contributed by atoms with Crippen LogP contribution in [-0.4, -0.2) is 67.0 Å². The Bertz CT molecular complexity index is 217. The Morgan fingerprint density at radius 3 is 2.69 bits per heavy atom. The average molecular weight is 245 g/mol. The topological polar surface area (TPSA) is 49.6 Å². The first kappa shape index (κ1) is 13.8. The second kappa shape index (κ2) is 7.14. The van der Waals surface area contributed by atoms with Crippen LogP contribution >= 0.6 is 11.8 Å². The fourth-order valence-electron chi connectivity index (χ4n) is 1.78. The summed E-state index contributed by atoms with van der Waals surface area (Å²) in [5.41, 5.74) is 5.83. The zero-order chi connectivity index (χ0) is 12.0. The number of hydrogen-bond donors (Lipinski definition) is 1. The Kier molecular flexibility index (Phi) is 6.16. The number of amides is 1. The Morgan fingerprint density at radius 2 is 2.12 bits per heavy atom. The minimum Gasteiger partial charge on any atom is -0.344 e. The van der Waals surface area contributed by atoms with Gasteiger partial charge in [0.05, 0.1) is 6.54 Å². The Labute approximate surface area is 103 Å². The summed E-state index contributed by atoms with van der Waals surface area (Å²) >= 11 is 1.77.